The van der Waals surface area contributed by atoms with Gasteiger partial charge in [0.25, 0.3) is 5.56 Å². The molecule has 0 aliphatic heterocycles. The third-order valence-electron chi connectivity index (χ3n) is 3.29. The van der Waals surface area contributed by atoms with Crippen molar-refractivity contribution in [2.45, 2.75) is 39.3 Å². The number of aliphatic carboxylic acids is 1. The van der Waals surface area contributed by atoms with E-state index in [1.165, 1.54) is 15.7 Å². The number of hydrogen-bond acceptors (Lipinski definition) is 5. The van der Waals surface area contributed by atoms with Crippen LogP contribution in [0.2, 0.25) is 0 Å². The molecule has 2 aromatic rings. The Kier molecular flexibility index (Phi) is 5.08. The normalized spacial score (nSPS) is 11.6. The molecule has 0 aliphatic carbocycles. The molecule has 0 aromatic carbocycles. The molecule has 0 bridgehead atoms. The Morgan fingerprint density at radius 3 is 2.95 bits per heavy atom. The lowest BCUT2D eigenvalue weighted by atomic mass is 10.2. The van der Waals surface area contributed by atoms with Gasteiger partial charge in [-0.2, -0.15) is 0 Å². The fourth-order valence-electron chi connectivity index (χ4n) is 2.13. The summed E-state index contributed by atoms with van der Waals surface area (Å²) in [5.74, 6) is -0.782. The van der Waals surface area contributed by atoms with E-state index in [9.17, 15) is 9.59 Å². The lowest BCUT2D eigenvalue weighted by Gasteiger charge is -2.25. The van der Waals surface area contributed by atoms with Crippen molar-refractivity contribution in [3.05, 3.63) is 33.7 Å². The number of carboxylic acid groups (broad SMARTS) is 1. The van der Waals surface area contributed by atoms with Crippen LogP contribution in [-0.2, 0) is 11.3 Å². The molecule has 7 heteroatoms. The number of rotatable bonds is 7. The van der Waals surface area contributed by atoms with Crippen LogP contribution in [0.1, 0.15) is 32.4 Å². The molecule has 6 nitrogen and oxygen atoms in total. The van der Waals surface area contributed by atoms with Gasteiger partial charge in [-0.05, 0) is 26.8 Å². The predicted molar refractivity (Wildman–Crippen MR) is 81.8 cm³/mol. The van der Waals surface area contributed by atoms with Gasteiger partial charge in [0.15, 0.2) is 4.96 Å². The molecule has 0 saturated carbocycles. The molecular formula is C14H19N3O3S. The van der Waals surface area contributed by atoms with Gasteiger partial charge in [-0.1, -0.05) is 0 Å². The summed E-state index contributed by atoms with van der Waals surface area (Å²) in [5, 5.41) is 10.5. The molecule has 0 unspecified atom stereocenters. The second-order valence-electron chi connectivity index (χ2n) is 5.20. The maximum Gasteiger partial charge on any atom is 0.303 e. The highest BCUT2D eigenvalue weighted by Crippen LogP contribution is 2.10. The fraction of sp³-hybridized carbons (Fsp3) is 0.500. The molecule has 0 saturated heterocycles. The molecule has 0 amide bonds. The van der Waals surface area contributed by atoms with E-state index in [2.05, 4.69) is 23.7 Å². The lowest BCUT2D eigenvalue weighted by molar-refractivity contribution is -0.137. The monoisotopic (exact) mass is 309 g/mol. The maximum atomic E-state index is 11.9. The van der Waals surface area contributed by atoms with Crippen molar-refractivity contribution in [2.75, 3.05) is 6.54 Å². The van der Waals surface area contributed by atoms with Crippen LogP contribution in [0.5, 0.6) is 0 Å². The second kappa shape index (κ2) is 6.82. The predicted octanol–water partition coefficient (Wildman–Crippen LogP) is 1.83. The first-order chi connectivity index (χ1) is 9.97. The Morgan fingerprint density at radius 2 is 2.29 bits per heavy atom. The van der Waals surface area contributed by atoms with E-state index in [0.717, 1.165) is 5.69 Å². The molecule has 114 valence electrons. The quantitative estimate of drug-likeness (QED) is 0.844. The molecule has 0 fully saturated rings. The summed E-state index contributed by atoms with van der Waals surface area (Å²) in [6, 6.07) is 1.81. The van der Waals surface area contributed by atoms with E-state index in [4.69, 9.17) is 5.11 Å². The zero-order valence-corrected chi connectivity index (χ0v) is 13.0. The topological polar surface area (TPSA) is 74.9 Å². The lowest BCUT2D eigenvalue weighted by Crippen LogP contribution is -2.32. The van der Waals surface area contributed by atoms with E-state index in [1.54, 1.807) is 12.3 Å². The van der Waals surface area contributed by atoms with Crippen molar-refractivity contribution in [1.82, 2.24) is 14.3 Å². The summed E-state index contributed by atoms with van der Waals surface area (Å²) < 4.78 is 1.53. The van der Waals surface area contributed by atoms with Gasteiger partial charge in [-0.3, -0.25) is 18.9 Å². The van der Waals surface area contributed by atoms with Gasteiger partial charge < -0.3 is 5.11 Å². The second-order valence-corrected chi connectivity index (χ2v) is 6.08. The number of carbonyl (C=O) groups is 1. The Morgan fingerprint density at radius 1 is 1.52 bits per heavy atom. The van der Waals surface area contributed by atoms with E-state index in [-0.39, 0.29) is 18.0 Å². The standard InChI is InChI=1S/C14H19N3O3S/c1-10(2)16(5-3-4-13(19)20)9-11-8-12(18)17-6-7-21-14(17)15-11/h6-8,10H,3-5,9H2,1-2H3,(H,19,20). The average Bonchev–Trinajstić information content (AvgIpc) is 2.85. The molecule has 0 radical (unpaired) electrons. The van der Waals surface area contributed by atoms with Gasteiger partial charge in [0.05, 0.1) is 5.69 Å². The Balaban J connectivity index is 2.10. The number of fused-ring (bicyclic) bond motifs is 1. The van der Waals surface area contributed by atoms with E-state index < -0.39 is 5.97 Å². The van der Waals surface area contributed by atoms with Crippen LogP contribution in [-0.4, -0.2) is 37.9 Å². The molecule has 2 rings (SSSR count). The summed E-state index contributed by atoms with van der Waals surface area (Å²) >= 11 is 1.43. The van der Waals surface area contributed by atoms with E-state index in [0.29, 0.717) is 24.5 Å². The maximum absolute atomic E-state index is 11.9. The van der Waals surface area contributed by atoms with Gasteiger partial charge in [-0.25, -0.2) is 4.98 Å². The van der Waals surface area contributed by atoms with Crippen LogP contribution in [0.3, 0.4) is 0 Å². The number of nitrogens with zero attached hydrogens (tertiary/aromatic N) is 3. The van der Waals surface area contributed by atoms with Crippen molar-refractivity contribution >= 4 is 22.3 Å². The Bertz CT molecular complexity index is 677. The molecule has 0 spiro atoms. The molecule has 21 heavy (non-hydrogen) atoms. The molecule has 2 heterocycles. The van der Waals surface area contributed by atoms with Crippen molar-refractivity contribution in [3.8, 4) is 0 Å². The SMILES string of the molecule is CC(C)N(CCCC(=O)O)Cc1cc(=O)n2ccsc2n1. The highest BCUT2D eigenvalue weighted by atomic mass is 32.1. The smallest absolute Gasteiger partial charge is 0.303 e. The summed E-state index contributed by atoms with van der Waals surface area (Å²) in [6.07, 6.45) is 2.46. The third kappa shape index (κ3) is 4.12. The summed E-state index contributed by atoms with van der Waals surface area (Å²) in [6.45, 7) is 5.34. The van der Waals surface area contributed by atoms with Crippen molar-refractivity contribution in [2.24, 2.45) is 0 Å². The largest absolute Gasteiger partial charge is 0.481 e. The fourth-order valence-corrected chi connectivity index (χ4v) is 2.87. The highest BCUT2D eigenvalue weighted by molar-refractivity contribution is 7.15. The average molecular weight is 309 g/mol. The molecular weight excluding hydrogens is 290 g/mol. The van der Waals surface area contributed by atoms with Crippen molar-refractivity contribution in [3.63, 3.8) is 0 Å². The van der Waals surface area contributed by atoms with Crippen molar-refractivity contribution < 1.29 is 9.90 Å². The van der Waals surface area contributed by atoms with Crippen LogP contribution < -0.4 is 5.56 Å². The molecule has 0 atom stereocenters. The van der Waals surface area contributed by atoms with Gasteiger partial charge in [0, 0.05) is 36.7 Å². The molecule has 0 aliphatic rings. The van der Waals surface area contributed by atoms with Crippen LogP contribution >= 0.6 is 11.3 Å². The summed E-state index contributed by atoms with van der Waals surface area (Å²) in [5.41, 5.74) is 0.650. The summed E-state index contributed by atoms with van der Waals surface area (Å²) in [4.78, 5) is 29.9. The number of aromatic nitrogens is 2. The van der Waals surface area contributed by atoms with Crippen molar-refractivity contribution in [1.29, 1.82) is 0 Å². The molecule has 1 N–H and O–H groups in total. The first kappa shape index (κ1) is 15.7. The van der Waals surface area contributed by atoms with Gasteiger partial charge in [0.1, 0.15) is 0 Å². The Labute approximate surface area is 126 Å². The van der Waals surface area contributed by atoms with Crippen LogP contribution in [0.15, 0.2) is 22.4 Å². The van der Waals surface area contributed by atoms with Gasteiger partial charge in [0.2, 0.25) is 0 Å². The first-order valence-corrected chi connectivity index (χ1v) is 7.77. The molecule has 2 aromatic heterocycles. The summed E-state index contributed by atoms with van der Waals surface area (Å²) in [7, 11) is 0. The minimum atomic E-state index is -0.782. The highest BCUT2D eigenvalue weighted by Gasteiger charge is 2.13. The Hall–Kier alpha value is -1.73. The van der Waals surface area contributed by atoms with Crippen LogP contribution in [0, 0.1) is 0 Å². The van der Waals surface area contributed by atoms with Gasteiger partial charge >= 0.3 is 5.97 Å². The zero-order valence-electron chi connectivity index (χ0n) is 12.2. The van der Waals surface area contributed by atoms with E-state index >= 15 is 0 Å². The van der Waals surface area contributed by atoms with Crippen LogP contribution in [0.4, 0.5) is 0 Å². The number of thiazole rings is 1. The van der Waals surface area contributed by atoms with E-state index in [1.807, 2.05) is 5.38 Å². The zero-order chi connectivity index (χ0) is 15.4. The first-order valence-electron chi connectivity index (χ1n) is 6.89. The third-order valence-corrected chi connectivity index (χ3v) is 4.04. The minimum Gasteiger partial charge on any atom is -0.481 e. The number of carboxylic acids is 1. The van der Waals surface area contributed by atoms with Gasteiger partial charge in [-0.15, -0.1) is 11.3 Å². The number of hydrogen-bond donors (Lipinski definition) is 1. The van der Waals surface area contributed by atoms with Crippen LogP contribution in [0.25, 0.3) is 4.96 Å². The minimum absolute atomic E-state index is 0.0782.